The normalized spacial score (nSPS) is 20.2. The summed E-state index contributed by atoms with van der Waals surface area (Å²) in [6.45, 7) is 5.24. The number of amides is 2. The molecule has 2 amide bonds. The van der Waals surface area contributed by atoms with Gasteiger partial charge in [0.05, 0.1) is 12.6 Å². The zero-order valence-corrected chi connectivity index (χ0v) is 18.1. The molecule has 1 N–H and O–H groups in total. The molecular formula is C25H32N4O2. The molecule has 2 aromatic rings. The van der Waals surface area contributed by atoms with Gasteiger partial charge in [0.25, 0.3) is 0 Å². The summed E-state index contributed by atoms with van der Waals surface area (Å²) in [4.78, 5) is 31.6. The van der Waals surface area contributed by atoms with Crippen molar-refractivity contribution in [1.82, 2.24) is 15.1 Å². The molecule has 6 heteroatoms. The fourth-order valence-electron chi connectivity index (χ4n) is 4.53. The molecule has 1 atom stereocenters. The number of para-hydroxylation sites is 1. The lowest BCUT2D eigenvalue weighted by Gasteiger charge is -2.36. The van der Waals surface area contributed by atoms with Crippen molar-refractivity contribution in [2.75, 3.05) is 50.7 Å². The molecule has 2 aromatic carbocycles. The van der Waals surface area contributed by atoms with Crippen molar-refractivity contribution >= 4 is 17.5 Å². The van der Waals surface area contributed by atoms with Crippen LogP contribution >= 0.6 is 0 Å². The highest BCUT2D eigenvalue weighted by Gasteiger charge is 2.37. The summed E-state index contributed by atoms with van der Waals surface area (Å²) in [6, 6.07) is 20.2. The number of piperazine rings is 1. The van der Waals surface area contributed by atoms with Crippen LogP contribution in [0.2, 0.25) is 0 Å². The van der Waals surface area contributed by atoms with Gasteiger partial charge in [-0.1, -0.05) is 48.5 Å². The lowest BCUT2D eigenvalue weighted by molar-refractivity contribution is -0.125. The van der Waals surface area contributed by atoms with Gasteiger partial charge in [-0.15, -0.1) is 0 Å². The first-order valence-corrected chi connectivity index (χ1v) is 11.3. The number of hydrogen-bond acceptors (Lipinski definition) is 4. The summed E-state index contributed by atoms with van der Waals surface area (Å²) >= 11 is 0. The van der Waals surface area contributed by atoms with E-state index in [0.717, 1.165) is 57.7 Å². The van der Waals surface area contributed by atoms with Gasteiger partial charge in [0.1, 0.15) is 0 Å². The zero-order chi connectivity index (χ0) is 21.5. The third kappa shape index (κ3) is 5.71. The lowest BCUT2D eigenvalue weighted by Crippen LogP contribution is -2.54. The molecule has 2 fully saturated rings. The monoisotopic (exact) mass is 420 g/mol. The predicted molar refractivity (Wildman–Crippen MR) is 123 cm³/mol. The molecule has 31 heavy (non-hydrogen) atoms. The molecule has 0 radical (unpaired) electrons. The molecule has 2 saturated heterocycles. The van der Waals surface area contributed by atoms with E-state index in [0.29, 0.717) is 13.1 Å². The molecule has 2 aliphatic heterocycles. The molecule has 0 aliphatic carbocycles. The fourth-order valence-corrected chi connectivity index (χ4v) is 4.53. The van der Waals surface area contributed by atoms with Crippen molar-refractivity contribution in [3.8, 4) is 0 Å². The van der Waals surface area contributed by atoms with Crippen LogP contribution in [0.15, 0.2) is 60.7 Å². The van der Waals surface area contributed by atoms with Crippen molar-refractivity contribution in [2.24, 2.45) is 0 Å². The summed E-state index contributed by atoms with van der Waals surface area (Å²) in [5, 5.41) is 3.04. The number of benzene rings is 2. The van der Waals surface area contributed by atoms with Crippen LogP contribution < -0.4 is 10.2 Å². The maximum atomic E-state index is 12.9. The number of nitrogens with zero attached hydrogens (tertiary/aromatic N) is 3. The number of nitrogens with one attached hydrogen (secondary N) is 1. The van der Waals surface area contributed by atoms with Gasteiger partial charge < -0.3 is 10.2 Å². The second-order valence-corrected chi connectivity index (χ2v) is 8.38. The van der Waals surface area contributed by atoms with E-state index in [1.54, 1.807) is 0 Å². The van der Waals surface area contributed by atoms with E-state index in [9.17, 15) is 9.59 Å². The van der Waals surface area contributed by atoms with Crippen molar-refractivity contribution in [2.45, 2.75) is 25.3 Å². The first-order valence-electron chi connectivity index (χ1n) is 11.3. The molecule has 0 spiro atoms. The Morgan fingerprint density at radius 2 is 1.58 bits per heavy atom. The van der Waals surface area contributed by atoms with Crippen LogP contribution in [-0.2, 0) is 16.0 Å². The number of aryl methyl sites for hydroxylation is 1. The number of anilines is 1. The van der Waals surface area contributed by atoms with Gasteiger partial charge >= 0.3 is 0 Å². The maximum absolute atomic E-state index is 12.9. The van der Waals surface area contributed by atoms with Gasteiger partial charge in [0.15, 0.2) is 0 Å². The van der Waals surface area contributed by atoms with Gasteiger partial charge in [-0.05, 0) is 37.0 Å². The molecule has 0 saturated carbocycles. The smallest absolute Gasteiger partial charge is 0.244 e. The second kappa shape index (κ2) is 10.6. The Kier molecular flexibility index (Phi) is 7.33. The molecule has 164 valence electrons. The number of hydrogen-bond donors (Lipinski definition) is 1. The molecule has 1 unspecified atom stereocenters. The van der Waals surface area contributed by atoms with Crippen LogP contribution in [0.25, 0.3) is 0 Å². The summed E-state index contributed by atoms with van der Waals surface area (Å²) < 4.78 is 0. The summed E-state index contributed by atoms with van der Waals surface area (Å²) in [5.41, 5.74) is 2.29. The van der Waals surface area contributed by atoms with Gasteiger partial charge in [0.2, 0.25) is 11.8 Å². The Labute approximate surface area is 184 Å². The predicted octanol–water partition coefficient (Wildman–Crippen LogP) is 2.16. The average Bonchev–Trinajstić information content (AvgIpc) is 3.20. The molecule has 0 bridgehead atoms. The van der Waals surface area contributed by atoms with E-state index in [2.05, 4.69) is 27.2 Å². The Morgan fingerprint density at radius 3 is 2.29 bits per heavy atom. The fraction of sp³-hybridized carbons (Fsp3) is 0.440. The second-order valence-electron chi connectivity index (χ2n) is 8.38. The highest BCUT2D eigenvalue weighted by atomic mass is 16.2. The zero-order valence-electron chi connectivity index (χ0n) is 18.1. The van der Waals surface area contributed by atoms with Crippen molar-refractivity contribution in [1.29, 1.82) is 0 Å². The van der Waals surface area contributed by atoms with Crippen molar-refractivity contribution in [3.05, 3.63) is 66.2 Å². The summed E-state index contributed by atoms with van der Waals surface area (Å²) in [6.07, 6.45) is 2.80. The van der Waals surface area contributed by atoms with E-state index < -0.39 is 0 Å². The Balaban J connectivity index is 1.15. The molecule has 2 aliphatic rings. The minimum absolute atomic E-state index is 0.0332. The third-order valence-electron chi connectivity index (χ3n) is 6.27. The van der Waals surface area contributed by atoms with E-state index in [-0.39, 0.29) is 17.9 Å². The van der Waals surface area contributed by atoms with Crippen LogP contribution in [0.4, 0.5) is 5.69 Å². The largest absolute Gasteiger partial charge is 0.355 e. The maximum Gasteiger partial charge on any atom is 0.244 e. The standard InChI is InChI=1S/C25H32N4O2/c30-24(26-14-7-10-21-8-3-1-4-9-21)20-27-16-18-28(19-17-27)23-13-15-29(25(23)31)22-11-5-2-6-12-22/h1-6,8-9,11-12,23H,7,10,13-20H2,(H,26,30). The Morgan fingerprint density at radius 1 is 0.903 bits per heavy atom. The first kappa shape index (κ1) is 21.5. The average molecular weight is 421 g/mol. The van der Waals surface area contributed by atoms with E-state index in [1.807, 2.05) is 53.4 Å². The molecule has 0 aromatic heterocycles. The van der Waals surface area contributed by atoms with Crippen molar-refractivity contribution < 1.29 is 9.59 Å². The van der Waals surface area contributed by atoms with Crippen LogP contribution in [0, 0.1) is 0 Å². The topological polar surface area (TPSA) is 55.9 Å². The minimum Gasteiger partial charge on any atom is -0.355 e. The van der Waals surface area contributed by atoms with E-state index in [1.165, 1.54) is 5.56 Å². The highest BCUT2D eigenvalue weighted by molar-refractivity contribution is 5.99. The quantitative estimate of drug-likeness (QED) is 0.665. The first-order chi connectivity index (χ1) is 15.2. The van der Waals surface area contributed by atoms with Gasteiger partial charge in [-0.2, -0.15) is 0 Å². The molecule has 6 nitrogen and oxygen atoms in total. The van der Waals surface area contributed by atoms with Gasteiger partial charge in [-0.3, -0.25) is 19.4 Å². The minimum atomic E-state index is -0.0332. The van der Waals surface area contributed by atoms with E-state index in [4.69, 9.17) is 0 Å². The summed E-state index contributed by atoms with van der Waals surface area (Å²) in [5.74, 6) is 0.296. The van der Waals surface area contributed by atoms with Gasteiger partial charge in [-0.25, -0.2) is 0 Å². The van der Waals surface area contributed by atoms with Crippen LogP contribution in [0.1, 0.15) is 18.4 Å². The number of carbonyl (C=O) groups is 2. The Bertz CT molecular complexity index is 850. The number of carbonyl (C=O) groups excluding carboxylic acids is 2. The van der Waals surface area contributed by atoms with E-state index >= 15 is 0 Å². The molecule has 4 rings (SSSR count). The highest BCUT2D eigenvalue weighted by Crippen LogP contribution is 2.24. The lowest BCUT2D eigenvalue weighted by atomic mass is 10.1. The SMILES string of the molecule is O=C(CN1CCN(C2CCN(c3ccccc3)C2=O)CC1)NCCCc1ccccc1. The summed E-state index contributed by atoms with van der Waals surface area (Å²) in [7, 11) is 0. The van der Waals surface area contributed by atoms with Crippen LogP contribution in [-0.4, -0.2) is 73.5 Å². The Hall–Kier alpha value is -2.70. The molecule has 2 heterocycles. The van der Waals surface area contributed by atoms with Gasteiger partial charge in [0, 0.05) is 45.0 Å². The van der Waals surface area contributed by atoms with Crippen LogP contribution in [0.5, 0.6) is 0 Å². The van der Waals surface area contributed by atoms with Crippen LogP contribution in [0.3, 0.4) is 0 Å². The third-order valence-corrected chi connectivity index (χ3v) is 6.27. The number of rotatable bonds is 8. The van der Waals surface area contributed by atoms with Crippen molar-refractivity contribution in [3.63, 3.8) is 0 Å². The molecular weight excluding hydrogens is 388 g/mol.